The molecule has 0 aromatic rings. The molecule has 0 radical (unpaired) electrons. The molecule has 2 heteroatoms. The van der Waals surface area contributed by atoms with Crippen LogP contribution in [0.4, 0.5) is 0 Å². The number of hydrogen-bond acceptors (Lipinski definition) is 2. The molecule has 0 aromatic heterocycles. The van der Waals surface area contributed by atoms with Gasteiger partial charge in [0.05, 0.1) is 13.2 Å². The first kappa shape index (κ1) is 3.92. The van der Waals surface area contributed by atoms with E-state index >= 15 is 0 Å². The smallest absolute Gasteiger partial charge is 0.0662 e. The van der Waals surface area contributed by atoms with E-state index in [9.17, 15) is 0 Å². The third-order valence-electron chi connectivity index (χ3n) is 0.1000. The average molecular weight is 64.1 g/mol. The first-order chi connectivity index (χ1) is 1.91. The van der Waals surface area contributed by atoms with E-state index < -0.39 is 0 Å². The molecule has 0 atom stereocenters. The van der Waals surface area contributed by atoms with Crippen LogP contribution < -0.4 is 0 Å². The summed E-state index contributed by atoms with van der Waals surface area (Å²) in [6.07, 6.45) is 0. The Kier molecular flexibility index (Phi) is 2.86. The second kappa shape index (κ2) is 2.92. The number of rotatable bonds is 1. The van der Waals surface area contributed by atoms with E-state index in [0.717, 1.165) is 0 Å². The predicted octanol–water partition coefficient (Wildman–Crippen LogP) is -0.783. The molecule has 0 unspecified atom stereocenters. The molecular weight excluding hydrogens is 56.0 g/mol. The van der Waals surface area contributed by atoms with Gasteiger partial charge in [-0.25, -0.2) is 0 Å². The fourth-order valence-electron chi connectivity index (χ4n) is 0. The van der Waals surface area contributed by atoms with E-state index in [2.05, 4.69) is 0 Å². The summed E-state index contributed by atoms with van der Waals surface area (Å²) in [6.45, 7) is -0.250. The lowest BCUT2D eigenvalue weighted by Gasteiger charge is -1.70. The molecule has 0 fully saturated rings. The van der Waals surface area contributed by atoms with E-state index in [1.54, 1.807) is 0 Å². The molecule has 28 valence electrons. The summed E-state index contributed by atoms with van der Waals surface area (Å²) < 4.78 is 0. The van der Waals surface area contributed by atoms with E-state index in [1.807, 2.05) is 0 Å². The summed E-state index contributed by atoms with van der Waals surface area (Å²) in [5, 5.41) is 15.2. The minimum absolute atomic E-state index is 0. The summed E-state index contributed by atoms with van der Waals surface area (Å²) in [5.41, 5.74) is 0. The predicted molar refractivity (Wildman–Crippen MR) is 16.3 cm³/mol. The summed E-state index contributed by atoms with van der Waals surface area (Å²) in [7, 11) is 0. The Morgan fingerprint density at radius 3 is 1.50 bits per heavy atom. The van der Waals surface area contributed by atoms with E-state index in [4.69, 9.17) is 10.2 Å². The second-order valence-electron chi connectivity index (χ2n) is 0.447. The van der Waals surface area contributed by atoms with Crippen LogP contribution >= 0.6 is 0 Å². The number of hydrogen-bond donors (Lipinski definition) is 2. The van der Waals surface area contributed by atoms with Gasteiger partial charge in [-0.15, -0.1) is 0 Å². The quantitative estimate of drug-likeness (QED) is 0.420. The van der Waals surface area contributed by atoms with Crippen molar-refractivity contribution in [2.45, 2.75) is 0 Å². The lowest BCUT2D eigenvalue weighted by Crippen LogP contribution is -1.85. The summed E-state index contributed by atoms with van der Waals surface area (Å²) >= 11 is 0. The minimum atomic E-state index is -0.125. The van der Waals surface area contributed by atoms with E-state index in [-0.39, 0.29) is 14.6 Å². The Hall–Kier alpha value is -0.0800. The highest BCUT2D eigenvalue weighted by atomic mass is 16.3. The van der Waals surface area contributed by atoms with Crippen molar-refractivity contribution < 1.29 is 11.6 Å². The Labute approximate surface area is 26.2 Å². The molecule has 0 heterocycles. The first-order valence-electron chi connectivity index (χ1n) is 1.13. The average Bonchev–Trinajstić information content (AvgIpc) is 1.37. The largest absolute Gasteiger partial charge is 0.394 e. The molecule has 0 aromatic carbocycles. The normalized spacial score (nSPS) is 7.50. The zero-order chi connectivity index (χ0) is 3.41. The Morgan fingerprint density at radius 1 is 1.25 bits per heavy atom. The van der Waals surface area contributed by atoms with Crippen LogP contribution in [0.25, 0.3) is 0 Å². The van der Waals surface area contributed by atoms with E-state index in [0.29, 0.717) is 0 Å². The molecule has 0 spiro atoms. The van der Waals surface area contributed by atoms with Gasteiger partial charge in [-0.3, -0.25) is 0 Å². The van der Waals surface area contributed by atoms with Gasteiger partial charge in [0.25, 0.3) is 0 Å². The minimum Gasteiger partial charge on any atom is -0.394 e. The van der Waals surface area contributed by atoms with Crippen LogP contribution in [0.1, 0.15) is 1.43 Å². The molecule has 0 bridgehead atoms. The molecule has 2 N–H and O–H groups in total. The van der Waals surface area contributed by atoms with Crippen LogP contribution in [-0.4, -0.2) is 23.4 Å². The van der Waals surface area contributed by atoms with E-state index in [1.165, 1.54) is 0 Å². The lowest BCUT2D eigenvalue weighted by molar-refractivity contribution is 0.186. The Morgan fingerprint density at radius 2 is 1.50 bits per heavy atom. The topological polar surface area (TPSA) is 40.5 Å². The van der Waals surface area contributed by atoms with Gasteiger partial charge in [-0.2, -0.15) is 0 Å². The van der Waals surface area contributed by atoms with Gasteiger partial charge in [-0.1, -0.05) is 0 Å². The highest BCUT2D eigenvalue weighted by Crippen LogP contribution is 1.39. The third-order valence-corrected chi connectivity index (χ3v) is 0.1000. The van der Waals surface area contributed by atoms with Crippen LogP contribution in [0.2, 0.25) is 0 Å². The van der Waals surface area contributed by atoms with Gasteiger partial charge in [0, 0.05) is 1.43 Å². The zero-order valence-electron chi connectivity index (χ0n) is 2.31. The van der Waals surface area contributed by atoms with Crippen molar-refractivity contribution in [1.82, 2.24) is 0 Å². The summed E-state index contributed by atoms with van der Waals surface area (Å²) in [6, 6.07) is 0. The van der Waals surface area contributed by atoms with Gasteiger partial charge in [0.2, 0.25) is 0 Å². The maximum Gasteiger partial charge on any atom is 0.0662 e. The van der Waals surface area contributed by atoms with Crippen LogP contribution in [0.5, 0.6) is 0 Å². The zero-order valence-corrected chi connectivity index (χ0v) is 2.31. The van der Waals surface area contributed by atoms with Crippen LogP contribution in [0.15, 0.2) is 0 Å². The standard InChI is InChI=1S/C2H6O2.H2/c3-1-2-4;/h3-4H,1-2H2;1H. The summed E-state index contributed by atoms with van der Waals surface area (Å²) in [5.74, 6) is 0. The molecule has 0 rings (SSSR count). The number of aliphatic hydroxyl groups is 2. The fraction of sp³-hybridized carbons (Fsp3) is 1.00. The highest BCUT2D eigenvalue weighted by Gasteiger charge is 1.58. The van der Waals surface area contributed by atoms with Gasteiger partial charge in [0.1, 0.15) is 0 Å². The third kappa shape index (κ3) is 1.92. The molecule has 0 saturated carbocycles. The van der Waals surface area contributed by atoms with Gasteiger partial charge in [-0.05, 0) is 0 Å². The first-order valence-corrected chi connectivity index (χ1v) is 1.13. The maximum absolute atomic E-state index is 7.62. The van der Waals surface area contributed by atoms with Crippen molar-refractivity contribution >= 4 is 0 Å². The lowest BCUT2D eigenvalue weighted by atomic mass is 10.8. The van der Waals surface area contributed by atoms with Crippen molar-refractivity contribution in [1.29, 1.82) is 0 Å². The van der Waals surface area contributed by atoms with Crippen LogP contribution in [0, 0.1) is 0 Å². The Bertz CT molecular complexity index is 9.61. The van der Waals surface area contributed by atoms with Gasteiger partial charge >= 0.3 is 0 Å². The fourth-order valence-corrected chi connectivity index (χ4v) is 0. The molecular formula is C2H8O2. The molecule has 0 aliphatic heterocycles. The molecule has 0 aliphatic rings. The highest BCUT2D eigenvalue weighted by molar-refractivity contribution is 4.06. The van der Waals surface area contributed by atoms with Gasteiger partial charge in [0.15, 0.2) is 0 Å². The maximum atomic E-state index is 7.62. The van der Waals surface area contributed by atoms with Crippen molar-refractivity contribution in [3.05, 3.63) is 0 Å². The second-order valence-corrected chi connectivity index (χ2v) is 0.447. The molecule has 0 saturated heterocycles. The van der Waals surface area contributed by atoms with Crippen LogP contribution in [0.3, 0.4) is 0 Å². The molecule has 4 heavy (non-hydrogen) atoms. The van der Waals surface area contributed by atoms with Crippen molar-refractivity contribution in [3.63, 3.8) is 0 Å². The summed E-state index contributed by atoms with van der Waals surface area (Å²) in [4.78, 5) is 0. The van der Waals surface area contributed by atoms with Crippen molar-refractivity contribution in [2.24, 2.45) is 0 Å². The van der Waals surface area contributed by atoms with Crippen molar-refractivity contribution in [3.8, 4) is 0 Å². The SMILES string of the molecule is OCCO.[HH]. The number of aliphatic hydroxyl groups excluding tert-OH is 2. The van der Waals surface area contributed by atoms with Crippen LogP contribution in [-0.2, 0) is 0 Å². The molecule has 0 amide bonds. The Balaban J connectivity index is 0. The molecule has 0 aliphatic carbocycles. The van der Waals surface area contributed by atoms with Gasteiger partial charge < -0.3 is 10.2 Å². The molecule has 2 nitrogen and oxygen atoms in total. The monoisotopic (exact) mass is 64.1 g/mol. The van der Waals surface area contributed by atoms with Crippen molar-refractivity contribution in [2.75, 3.05) is 13.2 Å².